The summed E-state index contributed by atoms with van der Waals surface area (Å²) in [6.45, 7) is 2.93. The quantitative estimate of drug-likeness (QED) is 0.712. The van der Waals surface area contributed by atoms with Gasteiger partial charge in [-0.1, -0.05) is 17.7 Å². The zero-order chi connectivity index (χ0) is 19.3. The first-order valence-electron chi connectivity index (χ1n) is 8.71. The highest BCUT2D eigenvalue weighted by atomic mass is 16.2. The van der Waals surface area contributed by atoms with Crippen molar-refractivity contribution in [3.63, 3.8) is 0 Å². The van der Waals surface area contributed by atoms with Crippen molar-refractivity contribution in [2.45, 2.75) is 26.4 Å². The number of hydrogen-bond donors (Lipinski definition) is 1. The molecule has 1 aliphatic rings. The molecule has 0 atom stereocenters. The molecule has 3 aromatic rings. The summed E-state index contributed by atoms with van der Waals surface area (Å²) in [6.07, 6.45) is 0.824. The number of aromatic nitrogens is 4. The first kappa shape index (κ1) is 17.1. The Labute approximate surface area is 154 Å². The van der Waals surface area contributed by atoms with E-state index in [2.05, 4.69) is 4.98 Å². The maximum atomic E-state index is 12.9. The lowest BCUT2D eigenvalue weighted by Gasteiger charge is -2.29. The van der Waals surface area contributed by atoms with E-state index in [-0.39, 0.29) is 0 Å². The van der Waals surface area contributed by atoms with Crippen molar-refractivity contribution in [1.29, 1.82) is 0 Å². The number of carbonyl (C=O) groups is 1. The van der Waals surface area contributed by atoms with Gasteiger partial charge in [0.15, 0.2) is 11.2 Å². The smallest absolute Gasteiger partial charge is 0.332 e. The highest BCUT2D eigenvalue weighted by Crippen LogP contribution is 2.30. The van der Waals surface area contributed by atoms with Gasteiger partial charge in [0.05, 0.1) is 0 Å². The number of nitrogens with zero attached hydrogens (tertiary/aromatic N) is 5. The van der Waals surface area contributed by atoms with Crippen molar-refractivity contribution < 1.29 is 4.79 Å². The lowest BCUT2D eigenvalue weighted by molar-refractivity contribution is -0.118. The molecule has 3 heterocycles. The lowest BCUT2D eigenvalue weighted by atomic mass is 10.2. The number of primary amides is 1. The number of amides is 1. The number of imidazole rings is 1. The van der Waals surface area contributed by atoms with Gasteiger partial charge in [-0.2, -0.15) is 4.98 Å². The minimum atomic E-state index is -0.742. The molecule has 0 aliphatic carbocycles. The second-order valence-electron chi connectivity index (χ2n) is 6.78. The molecule has 0 spiro atoms. The molecule has 140 valence electrons. The van der Waals surface area contributed by atoms with E-state index in [1.165, 1.54) is 11.6 Å². The van der Waals surface area contributed by atoms with E-state index >= 15 is 0 Å². The highest BCUT2D eigenvalue weighted by molar-refractivity contribution is 5.78. The summed E-state index contributed by atoms with van der Waals surface area (Å²) in [5, 5.41) is 0. The molecule has 0 saturated carbocycles. The van der Waals surface area contributed by atoms with E-state index in [4.69, 9.17) is 5.73 Å². The number of fused-ring (bicyclic) bond motifs is 3. The fourth-order valence-electron chi connectivity index (χ4n) is 3.53. The minimum absolute atomic E-state index is 0.305. The van der Waals surface area contributed by atoms with Gasteiger partial charge in [0.1, 0.15) is 6.54 Å². The number of nitrogens with two attached hydrogens (primary N) is 1. The summed E-state index contributed by atoms with van der Waals surface area (Å²) in [6, 6.07) is 8.06. The second-order valence-corrected chi connectivity index (χ2v) is 6.78. The maximum Gasteiger partial charge on any atom is 0.332 e. The number of aryl methyl sites for hydroxylation is 3. The van der Waals surface area contributed by atoms with Gasteiger partial charge in [-0.3, -0.25) is 14.2 Å². The maximum absolute atomic E-state index is 12.9. The molecule has 1 aliphatic heterocycles. The van der Waals surface area contributed by atoms with E-state index in [0.717, 1.165) is 28.8 Å². The van der Waals surface area contributed by atoms with Gasteiger partial charge in [-0.25, -0.2) is 9.36 Å². The number of anilines is 2. The molecular formula is C18H20N6O3. The zero-order valence-electron chi connectivity index (χ0n) is 15.2. The summed E-state index contributed by atoms with van der Waals surface area (Å²) in [5.41, 5.74) is 6.79. The van der Waals surface area contributed by atoms with E-state index < -0.39 is 23.7 Å². The average Bonchev–Trinajstić information content (AvgIpc) is 3.04. The molecule has 9 heteroatoms. The normalized spacial score (nSPS) is 13.8. The standard InChI is InChI=1S/C18H20N6O3/c1-11-4-6-12(7-5-11)22-8-3-9-23-14-15(20-17(22)23)21(2)18(27)24(16(14)26)10-13(19)25/h4-7H,3,8-10H2,1-2H3,(H2,19,25). The Kier molecular flexibility index (Phi) is 3.87. The van der Waals surface area contributed by atoms with E-state index in [9.17, 15) is 14.4 Å². The van der Waals surface area contributed by atoms with Gasteiger partial charge in [-0.15, -0.1) is 0 Å². The van der Waals surface area contributed by atoms with Crippen LogP contribution in [0.3, 0.4) is 0 Å². The third-order valence-electron chi connectivity index (χ3n) is 4.88. The van der Waals surface area contributed by atoms with Crippen LogP contribution in [0.1, 0.15) is 12.0 Å². The number of benzene rings is 1. The molecule has 4 rings (SSSR count). The third-order valence-corrected chi connectivity index (χ3v) is 4.88. The number of hydrogen-bond acceptors (Lipinski definition) is 5. The third kappa shape index (κ3) is 2.62. The Hall–Kier alpha value is -3.36. The lowest BCUT2D eigenvalue weighted by Crippen LogP contribution is -2.42. The van der Waals surface area contributed by atoms with Crippen LogP contribution in [0.25, 0.3) is 11.2 Å². The van der Waals surface area contributed by atoms with Crippen LogP contribution >= 0.6 is 0 Å². The van der Waals surface area contributed by atoms with Crippen molar-refractivity contribution in [3.05, 3.63) is 50.7 Å². The summed E-state index contributed by atoms with van der Waals surface area (Å²) >= 11 is 0. The molecule has 0 bridgehead atoms. The zero-order valence-corrected chi connectivity index (χ0v) is 15.2. The molecule has 0 unspecified atom stereocenters. The van der Waals surface area contributed by atoms with Crippen LogP contribution in [0.2, 0.25) is 0 Å². The van der Waals surface area contributed by atoms with E-state index in [1.54, 1.807) is 0 Å². The van der Waals surface area contributed by atoms with E-state index in [0.29, 0.717) is 23.7 Å². The number of carbonyl (C=O) groups excluding carboxylic acids is 1. The summed E-state index contributed by atoms with van der Waals surface area (Å²) in [5.74, 6) is -0.128. The molecule has 1 aromatic carbocycles. The number of rotatable bonds is 3. The molecule has 0 radical (unpaired) electrons. The van der Waals surface area contributed by atoms with E-state index in [1.807, 2.05) is 40.7 Å². The Bertz CT molecular complexity index is 1170. The van der Waals surface area contributed by atoms with Crippen LogP contribution in [-0.4, -0.2) is 31.1 Å². The topological polar surface area (TPSA) is 108 Å². The molecule has 9 nitrogen and oxygen atoms in total. The Morgan fingerprint density at radius 1 is 1.19 bits per heavy atom. The second kappa shape index (κ2) is 6.11. The summed E-state index contributed by atoms with van der Waals surface area (Å²) in [4.78, 5) is 43.3. The first-order valence-corrected chi connectivity index (χ1v) is 8.71. The predicted octanol–water partition coefficient (Wildman–Crippen LogP) is 0.232. The molecular weight excluding hydrogens is 348 g/mol. The van der Waals surface area contributed by atoms with Crippen molar-refractivity contribution in [1.82, 2.24) is 18.7 Å². The molecule has 0 saturated heterocycles. The van der Waals surface area contributed by atoms with Crippen molar-refractivity contribution in [3.8, 4) is 0 Å². The molecule has 2 N–H and O–H groups in total. The molecule has 0 fully saturated rings. The van der Waals surface area contributed by atoms with Crippen LogP contribution in [0.15, 0.2) is 33.9 Å². The van der Waals surface area contributed by atoms with Crippen LogP contribution in [0.4, 0.5) is 11.6 Å². The van der Waals surface area contributed by atoms with Gasteiger partial charge >= 0.3 is 5.69 Å². The van der Waals surface area contributed by atoms with Gasteiger partial charge in [0, 0.05) is 25.8 Å². The monoisotopic (exact) mass is 368 g/mol. The van der Waals surface area contributed by atoms with Crippen LogP contribution in [0, 0.1) is 6.92 Å². The Morgan fingerprint density at radius 3 is 2.56 bits per heavy atom. The van der Waals surface area contributed by atoms with Gasteiger partial charge in [-0.05, 0) is 25.5 Å². The van der Waals surface area contributed by atoms with Crippen LogP contribution in [0.5, 0.6) is 0 Å². The predicted molar refractivity (Wildman–Crippen MR) is 101 cm³/mol. The summed E-state index contributed by atoms with van der Waals surface area (Å²) < 4.78 is 3.97. The fraction of sp³-hybridized carbons (Fsp3) is 0.333. The largest absolute Gasteiger partial charge is 0.368 e. The Morgan fingerprint density at radius 2 is 1.89 bits per heavy atom. The van der Waals surface area contributed by atoms with Crippen molar-refractivity contribution in [2.24, 2.45) is 12.8 Å². The first-order chi connectivity index (χ1) is 12.9. The van der Waals surface area contributed by atoms with Gasteiger partial charge in [0.2, 0.25) is 11.9 Å². The summed E-state index contributed by atoms with van der Waals surface area (Å²) in [7, 11) is 1.54. The molecule has 27 heavy (non-hydrogen) atoms. The Balaban J connectivity index is 1.98. The van der Waals surface area contributed by atoms with Crippen LogP contribution < -0.4 is 21.9 Å². The minimum Gasteiger partial charge on any atom is -0.368 e. The van der Waals surface area contributed by atoms with Crippen LogP contribution in [-0.2, 0) is 24.9 Å². The molecule has 1 amide bonds. The fourth-order valence-corrected chi connectivity index (χ4v) is 3.53. The van der Waals surface area contributed by atoms with Gasteiger partial charge in [0.25, 0.3) is 5.56 Å². The molecule has 2 aromatic heterocycles. The highest BCUT2D eigenvalue weighted by Gasteiger charge is 2.27. The van der Waals surface area contributed by atoms with Crippen molar-refractivity contribution >= 4 is 28.7 Å². The average molecular weight is 368 g/mol. The van der Waals surface area contributed by atoms with Crippen molar-refractivity contribution in [2.75, 3.05) is 11.4 Å². The SMILES string of the molecule is Cc1ccc(N2CCCn3c2nc2c3c(=O)n(CC(N)=O)c(=O)n2C)cc1. The van der Waals surface area contributed by atoms with Gasteiger partial charge < -0.3 is 15.2 Å².